The molecular weight excluding hydrogens is 687 g/mol. The lowest BCUT2D eigenvalue weighted by Gasteiger charge is -2.36. The summed E-state index contributed by atoms with van der Waals surface area (Å²) in [5.41, 5.74) is 26.9. The van der Waals surface area contributed by atoms with E-state index in [2.05, 4.69) is 205 Å². The molecule has 57 heavy (non-hydrogen) atoms. The zero-order valence-electron chi connectivity index (χ0n) is 31.2. The van der Waals surface area contributed by atoms with Crippen LogP contribution in [-0.4, -0.2) is 0 Å². The van der Waals surface area contributed by atoms with Gasteiger partial charge in [0.2, 0.25) is 0 Å². The van der Waals surface area contributed by atoms with Crippen molar-refractivity contribution >= 4 is 11.4 Å². The molecule has 1 aliphatic heterocycles. The van der Waals surface area contributed by atoms with Crippen LogP contribution in [0.15, 0.2) is 200 Å². The van der Waals surface area contributed by atoms with Gasteiger partial charge in [0.25, 0.3) is 0 Å². The van der Waals surface area contributed by atoms with E-state index in [9.17, 15) is 0 Å². The topological polar surface area (TPSA) is 3.24 Å². The number of fused-ring (bicyclic) bond motifs is 21. The fraction of sp³-hybridized carbons (Fsp3) is 0.0357. The normalized spacial score (nSPS) is 14.0. The summed E-state index contributed by atoms with van der Waals surface area (Å²) in [6.45, 7) is 0.787. The van der Waals surface area contributed by atoms with Crippen molar-refractivity contribution in [1.82, 2.24) is 0 Å². The van der Waals surface area contributed by atoms with Crippen LogP contribution in [0, 0.1) is 0 Å². The van der Waals surface area contributed by atoms with Gasteiger partial charge in [-0.25, -0.2) is 0 Å². The van der Waals surface area contributed by atoms with Crippen molar-refractivity contribution in [2.24, 2.45) is 0 Å². The van der Waals surface area contributed by atoms with E-state index >= 15 is 0 Å². The monoisotopic (exact) mass is 721 g/mol. The van der Waals surface area contributed by atoms with E-state index in [-0.39, 0.29) is 0 Å². The third kappa shape index (κ3) is 4.03. The zero-order chi connectivity index (χ0) is 37.2. The first-order valence-corrected chi connectivity index (χ1v) is 20.1. The second-order valence-electron chi connectivity index (χ2n) is 15.9. The number of hydrogen-bond donors (Lipinski definition) is 0. The van der Waals surface area contributed by atoms with Crippen LogP contribution >= 0.6 is 0 Å². The molecule has 0 atom stereocenters. The molecule has 0 saturated heterocycles. The number of hydrogen-bond acceptors (Lipinski definition) is 1. The van der Waals surface area contributed by atoms with Gasteiger partial charge in [-0.15, -0.1) is 0 Å². The molecule has 1 heteroatoms. The average molecular weight is 722 g/mol. The Morgan fingerprint density at radius 2 is 0.684 bits per heavy atom. The van der Waals surface area contributed by atoms with Crippen LogP contribution in [-0.2, 0) is 12.0 Å². The Kier molecular flexibility index (Phi) is 6.21. The smallest absolute Gasteiger partial charge is 0.0726 e. The maximum atomic E-state index is 2.59. The highest BCUT2D eigenvalue weighted by atomic mass is 15.1. The molecule has 0 unspecified atom stereocenters. The van der Waals surface area contributed by atoms with Crippen LogP contribution in [0.25, 0.3) is 77.9 Å². The molecule has 13 rings (SSSR count). The Morgan fingerprint density at radius 3 is 1.21 bits per heavy atom. The van der Waals surface area contributed by atoms with Crippen LogP contribution in [0.5, 0.6) is 0 Å². The van der Waals surface area contributed by atoms with Crippen LogP contribution < -0.4 is 4.90 Å². The zero-order valence-corrected chi connectivity index (χ0v) is 31.2. The van der Waals surface area contributed by atoms with Crippen molar-refractivity contribution in [3.05, 3.63) is 228 Å². The number of anilines is 2. The molecule has 264 valence electrons. The van der Waals surface area contributed by atoms with E-state index in [1.165, 1.54) is 117 Å². The van der Waals surface area contributed by atoms with Crippen molar-refractivity contribution in [2.75, 3.05) is 4.90 Å². The van der Waals surface area contributed by atoms with Crippen molar-refractivity contribution in [3.63, 3.8) is 0 Å². The Labute approximate surface area is 332 Å². The number of benzene rings is 9. The van der Waals surface area contributed by atoms with E-state index in [1.54, 1.807) is 0 Å². The lowest BCUT2D eigenvalue weighted by atomic mass is 9.70. The molecule has 0 saturated carbocycles. The van der Waals surface area contributed by atoms with Crippen LogP contribution in [0.2, 0.25) is 0 Å². The standard InChI is InChI=1S/C56H35N/c1-2-16-37-35(15-1)34-57(36-29-30-44-42-21-6-5-19-40(42)38-17-3-4-18-39(38)41-20-7-8-22-43(41)48(44)31-36)55-33-54-49(32-50(37)55)47-25-11-14-28-53(47)56(54)51-26-12-9-23-45(51)46-24-10-13-27-52(46)56/h1-33H,34H2. The van der Waals surface area contributed by atoms with Crippen molar-refractivity contribution in [2.45, 2.75) is 12.0 Å². The third-order valence-electron chi connectivity index (χ3n) is 13.3. The van der Waals surface area contributed by atoms with Crippen LogP contribution in [0.4, 0.5) is 11.4 Å². The Balaban J connectivity index is 1.09. The second kappa shape index (κ2) is 11.4. The SMILES string of the molecule is c1ccc2c(c1)CN(c1ccc3c(c1)-c1ccccc1-c1ccccc1-c1ccccc1-3)c1cc3c(cc1-2)-c1ccccc1C31c2ccccc2-c2ccccc21. The van der Waals surface area contributed by atoms with Gasteiger partial charge in [0.15, 0.2) is 0 Å². The summed E-state index contributed by atoms with van der Waals surface area (Å²) in [4.78, 5) is 2.59. The Bertz CT molecular complexity index is 3130. The van der Waals surface area contributed by atoms with Crippen molar-refractivity contribution < 1.29 is 0 Å². The van der Waals surface area contributed by atoms with Gasteiger partial charge >= 0.3 is 0 Å². The molecule has 4 aliphatic rings. The van der Waals surface area contributed by atoms with Gasteiger partial charge < -0.3 is 4.90 Å². The molecule has 3 aliphatic carbocycles. The maximum absolute atomic E-state index is 2.59. The first-order chi connectivity index (χ1) is 28.3. The number of rotatable bonds is 1. The predicted octanol–water partition coefficient (Wildman–Crippen LogP) is 14.3. The molecule has 0 N–H and O–H groups in total. The molecule has 1 heterocycles. The predicted molar refractivity (Wildman–Crippen MR) is 236 cm³/mol. The Morgan fingerprint density at radius 1 is 0.281 bits per heavy atom. The summed E-state index contributed by atoms with van der Waals surface area (Å²) in [5.74, 6) is 0. The van der Waals surface area contributed by atoms with Crippen LogP contribution in [0.1, 0.15) is 27.8 Å². The van der Waals surface area contributed by atoms with E-state index < -0.39 is 5.41 Å². The summed E-state index contributed by atoms with van der Waals surface area (Å²) in [6, 6.07) is 75.5. The molecule has 9 aromatic carbocycles. The first-order valence-electron chi connectivity index (χ1n) is 20.1. The van der Waals surface area contributed by atoms with Gasteiger partial charge in [0.1, 0.15) is 0 Å². The molecular formula is C56H35N. The fourth-order valence-corrected chi connectivity index (χ4v) is 11.0. The molecule has 1 spiro atoms. The summed E-state index contributed by atoms with van der Waals surface area (Å²) < 4.78 is 0. The first kappa shape index (κ1) is 31.0. The molecule has 0 fully saturated rings. The van der Waals surface area contributed by atoms with Gasteiger partial charge in [-0.05, 0) is 124 Å². The summed E-state index contributed by atoms with van der Waals surface area (Å²) in [6.07, 6.45) is 0. The van der Waals surface area contributed by atoms with Gasteiger partial charge in [-0.1, -0.05) is 176 Å². The van der Waals surface area contributed by atoms with Gasteiger partial charge in [-0.3, -0.25) is 0 Å². The average Bonchev–Trinajstić information content (AvgIpc) is 3.74. The Hall–Kier alpha value is -7.22. The lowest BCUT2D eigenvalue weighted by Crippen LogP contribution is -2.27. The fourth-order valence-electron chi connectivity index (χ4n) is 11.0. The maximum Gasteiger partial charge on any atom is 0.0726 e. The minimum Gasteiger partial charge on any atom is -0.336 e. The molecule has 0 radical (unpaired) electrons. The summed E-state index contributed by atoms with van der Waals surface area (Å²) in [7, 11) is 0. The van der Waals surface area contributed by atoms with Crippen LogP contribution in [0.3, 0.4) is 0 Å². The van der Waals surface area contributed by atoms with E-state index in [0.29, 0.717) is 0 Å². The van der Waals surface area contributed by atoms with E-state index in [4.69, 9.17) is 0 Å². The highest BCUT2D eigenvalue weighted by Gasteiger charge is 2.52. The summed E-state index contributed by atoms with van der Waals surface area (Å²) >= 11 is 0. The van der Waals surface area contributed by atoms with Gasteiger partial charge in [0.05, 0.1) is 5.41 Å². The number of nitrogens with zero attached hydrogens (tertiary/aromatic N) is 1. The highest BCUT2D eigenvalue weighted by Crippen LogP contribution is 2.64. The van der Waals surface area contributed by atoms with Crippen molar-refractivity contribution in [3.8, 4) is 77.9 Å². The minimum atomic E-state index is -0.404. The molecule has 0 amide bonds. The molecule has 0 aromatic heterocycles. The van der Waals surface area contributed by atoms with E-state index in [1.807, 2.05) is 0 Å². The molecule has 9 aromatic rings. The summed E-state index contributed by atoms with van der Waals surface area (Å²) in [5, 5.41) is 0. The third-order valence-corrected chi connectivity index (χ3v) is 13.3. The molecule has 1 nitrogen and oxygen atoms in total. The molecule has 0 bridgehead atoms. The lowest BCUT2D eigenvalue weighted by molar-refractivity contribution is 0.792. The van der Waals surface area contributed by atoms with Crippen molar-refractivity contribution in [1.29, 1.82) is 0 Å². The quantitative estimate of drug-likeness (QED) is 0.163. The van der Waals surface area contributed by atoms with E-state index in [0.717, 1.165) is 6.54 Å². The second-order valence-corrected chi connectivity index (χ2v) is 15.9. The van der Waals surface area contributed by atoms with Gasteiger partial charge in [-0.2, -0.15) is 0 Å². The highest BCUT2D eigenvalue weighted by molar-refractivity contribution is 6.05. The minimum absolute atomic E-state index is 0.404. The largest absolute Gasteiger partial charge is 0.336 e. The van der Waals surface area contributed by atoms with Gasteiger partial charge in [0, 0.05) is 23.5 Å².